The molecular formula is C13H18N2O3. The maximum Gasteiger partial charge on any atom is 0.343 e. The number of pyridine rings is 1. The van der Waals surface area contributed by atoms with Crippen LogP contribution in [-0.2, 0) is 4.74 Å². The first-order valence-electron chi connectivity index (χ1n) is 6.07. The molecule has 18 heavy (non-hydrogen) atoms. The zero-order valence-corrected chi connectivity index (χ0v) is 11.0. The lowest BCUT2D eigenvalue weighted by Gasteiger charge is -2.23. The summed E-state index contributed by atoms with van der Waals surface area (Å²) < 4.78 is 9.86. The number of hydrogen-bond acceptors (Lipinski definition) is 5. The highest BCUT2D eigenvalue weighted by molar-refractivity contribution is 5.92. The molecule has 0 aromatic carbocycles. The summed E-state index contributed by atoms with van der Waals surface area (Å²) in [6.45, 7) is 3.17. The molecule has 0 amide bonds. The van der Waals surface area contributed by atoms with Crippen molar-refractivity contribution < 1.29 is 14.3 Å². The fraction of sp³-hybridized carbons (Fsp3) is 0.538. The Balaban J connectivity index is 2.32. The second-order valence-corrected chi connectivity index (χ2v) is 4.40. The Morgan fingerprint density at radius 2 is 2.22 bits per heavy atom. The SMILES string of the molecule is COC(=O)c1ccc(N2CCCC2C)nc1OC. The van der Waals surface area contributed by atoms with Crippen molar-refractivity contribution in [3.8, 4) is 5.88 Å². The minimum absolute atomic E-state index is 0.318. The molecule has 0 bridgehead atoms. The van der Waals surface area contributed by atoms with Gasteiger partial charge in [0.15, 0.2) is 0 Å². The Kier molecular flexibility index (Phi) is 3.69. The van der Waals surface area contributed by atoms with Crippen LogP contribution in [0.5, 0.6) is 5.88 Å². The van der Waals surface area contributed by atoms with Crippen LogP contribution in [0.15, 0.2) is 12.1 Å². The fourth-order valence-corrected chi connectivity index (χ4v) is 2.29. The smallest absolute Gasteiger partial charge is 0.343 e. The second-order valence-electron chi connectivity index (χ2n) is 4.40. The van der Waals surface area contributed by atoms with Gasteiger partial charge in [0, 0.05) is 12.6 Å². The lowest BCUT2D eigenvalue weighted by Crippen LogP contribution is -2.27. The average molecular weight is 250 g/mol. The summed E-state index contributed by atoms with van der Waals surface area (Å²) in [6, 6.07) is 4.03. The summed E-state index contributed by atoms with van der Waals surface area (Å²) in [7, 11) is 2.85. The molecule has 0 N–H and O–H groups in total. The number of carbonyl (C=O) groups is 1. The quantitative estimate of drug-likeness (QED) is 0.766. The Labute approximate surface area is 107 Å². The fourth-order valence-electron chi connectivity index (χ4n) is 2.29. The van der Waals surface area contributed by atoms with Crippen molar-refractivity contribution in [1.82, 2.24) is 4.98 Å². The maximum atomic E-state index is 11.5. The molecule has 1 saturated heterocycles. The van der Waals surface area contributed by atoms with E-state index in [1.165, 1.54) is 27.1 Å². The number of rotatable bonds is 3. The van der Waals surface area contributed by atoms with Crippen LogP contribution in [0.4, 0.5) is 5.82 Å². The number of hydrogen-bond donors (Lipinski definition) is 0. The predicted octanol–water partition coefficient (Wildman–Crippen LogP) is 1.87. The van der Waals surface area contributed by atoms with E-state index in [1.54, 1.807) is 6.07 Å². The topological polar surface area (TPSA) is 51.7 Å². The summed E-state index contributed by atoms with van der Waals surface area (Å²) in [4.78, 5) is 18.2. The number of nitrogens with zero attached hydrogens (tertiary/aromatic N) is 2. The molecule has 1 aliphatic heterocycles. The van der Waals surface area contributed by atoms with E-state index in [0.717, 1.165) is 12.4 Å². The highest BCUT2D eigenvalue weighted by Gasteiger charge is 2.23. The molecule has 5 heteroatoms. The molecular weight excluding hydrogens is 232 g/mol. The van der Waals surface area contributed by atoms with Crippen LogP contribution in [0.25, 0.3) is 0 Å². The van der Waals surface area contributed by atoms with Gasteiger partial charge in [-0.05, 0) is 31.9 Å². The van der Waals surface area contributed by atoms with Crippen molar-refractivity contribution in [2.45, 2.75) is 25.8 Å². The molecule has 1 fully saturated rings. The zero-order chi connectivity index (χ0) is 13.1. The van der Waals surface area contributed by atoms with Gasteiger partial charge in [-0.2, -0.15) is 4.98 Å². The van der Waals surface area contributed by atoms with Gasteiger partial charge in [-0.25, -0.2) is 4.79 Å². The van der Waals surface area contributed by atoms with Gasteiger partial charge in [0.25, 0.3) is 0 Å². The van der Waals surface area contributed by atoms with Gasteiger partial charge < -0.3 is 14.4 Å². The molecule has 0 aliphatic carbocycles. The van der Waals surface area contributed by atoms with Gasteiger partial charge in [0.1, 0.15) is 11.4 Å². The Morgan fingerprint density at radius 3 is 2.78 bits per heavy atom. The summed E-state index contributed by atoms with van der Waals surface area (Å²) in [5.74, 6) is 0.739. The van der Waals surface area contributed by atoms with Crippen LogP contribution < -0.4 is 9.64 Å². The minimum atomic E-state index is -0.430. The highest BCUT2D eigenvalue weighted by atomic mass is 16.5. The van der Waals surface area contributed by atoms with Gasteiger partial charge >= 0.3 is 5.97 Å². The van der Waals surface area contributed by atoms with Crippen LogP contribution in [-0.4, -0.2) is 37.8 Å². The molecule has 1 atom stereocenters. The van der Waals surface area contributed by atoms with E-state index in [1.807, 2.05) is 6.07 Å². The molecule has 2 heterocycles. The first-order chi connectivity index (χ1) is 8.67. The van der Waals surface area contributed by atoms with Crippen LogP contribution in [0, 0.1) is 0 Å². The summed E-state index contributed by atoms with van der Waals surface area (Å²) >= 11 is 0. The predicted molar refractivity (Wildman–Crippen MR) is 68.2 cm³/mol. The highest BCUT2D eigenvalue weighted by Crippen LogP contribution is 2.27. The van der Waals surface area contributed by atoms with E-state index in [2.05, 4.69) is 16.8 Å². The van der Waals surface area contributed by atoms with Crippen LogP contribution >= 0.6 is 0 Å². The van der Waals surface area contributed by atoms with Gasteiger partial charge in [-0.15, -0.1) is 0 Å². The molecule has 1 aliphatic rings. The molecule has 98 valence electrons. The van der Waals surface area contributed by atoms with E-state index in [0.29, 0.717) is 17.5 Å². The number of methoxy groups -OCH3 is 2. The zero-order valence-electron chi connectivity index (χ0n) is 11.0. The standard InChI is InChI=1S/C13H18N2O3/c1-9-5-4-8-15(9)11-7-6-10(13(16)18-3)12(14-11)17-2/h6-7,9H,4-5,8H2,1-3H3. The minimum Gasteiger partial charge on any atom is -0.480 e. The molecule has 2 rings (SSSR count). The van der Waals surface area contributed by atoms with Crippen molar-refractivity contribution in [2.75, 3.05) is 25.7 Å². The Bertz CT molecular complexity index is 448. The number of ether oxygens (including phenoxy) is 2. The second kappa shape index (κ2) is 5.25. The maximum absolute atomic E-state index is 11.5. The summed E-state index contributed by atoms with van der Waals surface area (Å²) in [5.41, 5.74) is 0.357. The van der Waals surface area contributed by atoms with Crippen molar-refractivity contribution >= 4 is 11.8 Å². The third-order valence-electron chi connectivity index (χ3n) is 3.29. The molecule has 5 nitrogen and oxygen atoms in total. The normalized spacial score (nSPS) is 18.8. The molecule has 0 radical (unpaired) electrons. The summed E-state index contributed by atoms with van der Waals surface area (Å²) in [6.07, 6.45) is 2.34. The largest absolute Gasteiger partial charge is 0.480 e. The van der Waals surface area contributed by atoms with E-state index in [4.69, 9.17) is 9.47 Å². The first kappa shape index (κ1) is 12.7. The lowest BCUT2D eigenvalue weighted by atomic mass is 10.2. The van der Waals surface area contributed by atoms with E-state index in [9.17, 15) is 4.79 Å². The van der Waals surface area contributed by atoms with Crippen molar-refractivity contribution in [2.24, 2.45) is 0 Å². The molecule has 1 unspecified atom stereocenters. The van der Waals surface area contributed by atoms with Crippen molar-refractivity contribution in [3.05, 3.63) is 17.7 Å². The molecule has 0 saturated carbocycles. The van der Waals surface area contributed by atoms with Gasteiger partial charge in [-0.1, -0.05) is 0 Å². The number of esters is 1. The van der Waals surface area contributed by atoms with E-state index in [-0.39, 0.29) is 0 Å². The molecule has 1 aromatic heterocycles. The number of carbonyl (C=O) groups excluding carboxylic acids is 1. The van der Waals surface area contributed by atoms with E-state index < -0.39 is 5.97 Å². The van der Waals surface area contributed by atoms with Crippen molar-refractivity contribution in [1.29, 1.82) is 0 Å². The number of anilines is 1. The van der Waals surface area contributed by atoms with E-state index >= 15 is 0 Å². The van der Waals surface area contributed by atoms with Crippen LogP contribution in [0.2, 0.25) is 0 Å². The molecule has 1 aromatic rings. The monoisotopic (exact) mass is 250 g/mol. The van der Waals surface area contributed by atoms with Gasteiger partial charge in [-0.3, -0.25) is 0 Å². The average Bonchev–Trinajstić information content (AvgIpc) is 2.83. The Morgan fingerprint density at radius 1 is 1.44 bits per heavy atom. The number of aromatic nitrogens is 1. The lowest BCUT2D eigenvalue weighted by molar-refractivity contribution is 0.0596. The van der Waals surface area contributed by atoms with Gasteiger partial charge in [0.05, 0.1) is 14.2 Å². The first-order valence-corrected chi connectivity index (χ1v) is 6.07. The summed E-state index contributed by atoms with van der Waals surface area (Å²) in [5, 5.41) is 0. The van der Waals surface area contributed by atoms with Crippen molar-refractivity contribution in [3.63, 3.8) is 0 Å². The third kappa shape index (κ3) is 2.25. The van der Waals surface area contributed by atoms with Crippen LogP contribution in [0.1, 0.15) is 30.1 Å². The third-order valence-corrected chi connectivity index (χ3v) is 3.29. The molecule has 0 spiro atoms. The Hall–Kier alpha value is -1.78. The van der Waals surface area contributed by atoms with Gasteiger partial charge in [0.2, 0.25) is 5.88 Å². The van der Waals surface area contributed by atoms with Crippen LogP contribution in [0.3, 0.4) is 0 Å².